The molecule has 90 valence electrons. The van der Waals surface area contributed by atoms with Crippen LogP contribution in [0.4, 0.5) is 13.2 Å². The van der Waals surface area contributed by atoms with Gasteiger partial charge in [-0.3, -0.25) is 4.57 Å². The third-order valence-electron chi connectivity index (χ3n) is 1.95. The van der Waals surface area contributed by atoms with Crippen LogP contribution in [0.5, 0.6) is 0 Å². The number of halogens is 4. The molecule has 2 unspecified atom stereocenters. The molecule has 1 aromatic carbocycles. The average Bonchev–Trinajstić information content (AvgIpc) is 1.97. The number of alkyl halides is 3. The van der Waals surface area contributed by atoms with Crippen LogP contribution < -0.4 is 0 Å². The van der Waals surface area contributed by atoms with Crippen molar-refractivity contribution in [2.45, 2.75) is 11.8 Å². The first-order valence-electron chi connectivity index (χ1n) is 4.24. The van der Waals surface area contributed by atoms with Gasteiger partial charge in [0.15, 0.2) is 5.66 Å². The standard InChI is InChI=1S/C9H9ClF3O2P/c1-16(14,15)8(9(11,12)13)6-3-2-4-7(10)5-6/h2-5,8H,1H3,(H,14,15). The molecule has 0 saturated heterocycles. The Bertz CT molecular complexity index is 427. The highest BCUT2D eigenvalue weighted by Crippen LogP contribution is 2.59. The van der Waals surface area contributed by atoms with Gasteiger partial charge in [-0.25, -0.2) is 0 Å². The number of rotatable bonds is 2. The summed E-state index contributed by atoms with van der Waals surface area (Å²) < 4.78 is 49.2. The highest BCUT2D eigenvalue weighted by Gasteiger charge is 2.49. The lowest BCUT2D eigenvalue weighted by atomic mass is 10.1. The normalized spacial score (nSPS) is 17.9. The summed E-state index contributed by atoms with van der Waals surface area (Å²) in [5.41, 5.74) is -2.69. The summed E-state index contributed by atoms with van der Waals surface area (Å²) >= 11 is 5.55. The van der Waals surface area contributed by atoms with Crippen LogP contribution in [0.2, 0.25) is 5.02 Å². The van der Waals surface area contributed by atoms with Gasteiger partial charge in [-0.05, 0) is 17.7 Å². The number of hydrogen-bond donors (Lipinski definition) is 1. The molecule has 0 radical (unpaired) electrons. The van der Waals surface area contributed by atoms with E-state index < -0.39 is 19.2 Å². The van der Waals surface area contributed by atoms with Gasteiger partial charge in [0.05, 0.1) is 0 Å². The SMILES string of the molecule is CP(=O)(O)C(c1cccc(Cl)c1)C(F)(F)F. The molecule has 0 amide bonds. The van der Waals surface area contributed by atoms with Gasteiger partial charge in [-0.15, -0.1) is 0 Å². The van der Waals surface area contributed by atoms with Crippen molar-refractivity contribution in [3.63, 3.8) is 0 Å². The summed E-state index contributed by atoms with van der Waals surface area (Å²) in [6, 6.07) is 4.89. The molecule has 0 saturated carbocycles. The largest absolute Gasteiger partial charge is 0.404 e. The molecule has 7 heteroatoms. The van der Waals surface area contributed by atoms with Crippen LogP contribution in [0.3, 0.4) is 0 Å². The summed E-state index contributed by atoms with van der Waals surface area (Å²) in [5.74, 6) is 0. The van der Waals surface area contributed by atoms with Crippen molar-refractivity contribution in [2.24, 2.45) is 0 Å². The van der Waals surface area contributed by atoms with Crippen molar-refractivity contribution in [2.75, 3.05) is 6.66 Å². The van der Waals surface area contributed by atoms with Gasteiger partial charge in [0.25, 0.3) is 0 Å². The van der Waals surface area contributed by atoms with E-state index in [9.17, 15) is 17.7 Å². The Balaban J connectivity index is 3.29. The maximum Gasteiger partial charge on any atom is 0.404 e. The van der Waals surface area contributed by atoms with Gasteiger partial charge < -0.3 is 4.89 Å². The van der Waals surface area contributed by atoms with Gasteiger partial charge in [-0.2, -0.15) is 13.2 Å². The van der Waals surface area contributed by atoms with Crippen molar-refractivity contribution >= 4 is 19.0 Å². The average molecular weight is 273 g/mol. The quantitative estimate of drug-likeness (QED) is 0.831. The Morgan fingerprint density at radius 1 is 1.44 bits per heavy atom. The van der Waals surface area contributed by atoms with Gasteiger partial charge in [0.2, 0.25) is 7.37 Å². The molecule has 2 nitrogen and oxygen atoms in total. The summed E-state index contributed by atoms with van der Waals surface area (Å²) in [5, 5.41) is 0.0974. The van der Waals surface area contributed by atoms with Crippen molar-refractivity contribution in [3.05, 3.63) is 34.9 Å². The zero-order valence-electron chi connectivity index (χ0n) is 8.20. The fourth-order valence-electron chi connectivity index (χ4n) is 1.41. The minimum Gasteiger partial charge on any atom is -0.344 e. The first kappa shape index (κ1) is 13.6. The zero-order valence-corrected chi connectivity index (χ0v) is 9.85. The third-order valence-corrected chi connectivity index (χ3v) is 3.74. The van der Waals surface area contributed by atoms with Gasteiger partial charge in [-0.1, -0.05) is 23.7 Å². The lowest BCUT2D eigenvalue weighted by Gasteiger charge is -2.23. The van der Waals surface area contributed by atoms with E-state index in [1.165, 1.54) is 12.1 Å². The highest BCUT2D eigenvalue weighted by atomic mass is 35.5. The second-order valence-corrected chi connectivity index (χ2v) is 6.28. The first-order valence-corrected chi connectivity index (χ1v) is 6.80. The number of benzene rings is 1. The minimum atomic E-state index is -4.77. The van der Waals surface area contributed by atoms with Crippen molar-refractivity contribution in [1.29, 1.82) is 0 Å². The Kier molecular flexibility index (Phi) is 3.72. The highest BCUT2D eigenvalue weighted by molar-refractivity contribution is 7.57. The van der Waals surface area contributed by atoms with Gasteiger partial charge >= 0.3 is 6.18 Å². The van der Waals surface area contributed by atoms with E-state index in [2.05, 4.69) is 0 Å². The van der Waals surface area contributed by atoms with Crippen molar-refractivity contribution in [1.82, 2.24) is 0 Å². The molecule has 0 aliphatic heterocycles. The van der Waals surface area contributed by atoms with E-state index in [0.29, 0.717) is 6.66 Å². The predicted octanol–water partition coefficient (Wildman–Crippen LogP) is 3.84. The molecule has 0 aliphatic carbocycles. The second kappa shape index (κ2) is 4.40. The monoisotopic (exact) mass is 272 g/mol. The number of hydrogen-bond acceptors (Lipinski definition) is 1. The first-order chi connectivity index (χ1) is 7.12. The molecule has 0 bridgehead atoms. The van der Waals surface area contributed by atoms with Gasteiger partial charge in [0, 0.05) is 11.7 Å². The molecule has 1 N–H and O–H groups in total. The fraction of sp³-hybridized carbons (Fsp3) is 0.333. The molecule has 0 fully saturated rings. The molecule has 0 spiro atoms. The van der Waals surface area contributed by atoms with E-state index in [0.717, 1.165) is 12.1 Å². The van der Waals surface area contributed by atoms with E-state index in [1.54, 1.807) is 0 Å². The third kappa shape index (κ3) is 3.24. The topological polar surface area (TPSA) is 37.3 Å². The lowest BCUT2D eigenvalue weighted by molar-refractivity contribution is -0.133. The Morgan fingerprint density at radius 3 is 2.38 bits per heavy atom. The summed E-state index contributed by atoms with van der Waals surface area (Å²) in [7, 11) is -4.32. The van der Waals surface area contributed by atoms with Crippen LogP contribution in [0, 0.1) is 0 Å². The molecule has 0 heterocycles. The van der Waals surface area contributed by atoms with Crippen LogP contribution in [0.25, 0.3) is 0 Å². The van der Waals surface area contributed by atoms with Crippen LogP contribution in [0.15, 0.2) is 24.3 Å². The molecular weight excluding hydrogens is 264 g/mol. The van der Waals surface area contributed by atoms with Crippen LogP contribution in [-0.4, -0.2) is 17.7 Å². The van der Waals surface area contributed by atoms with Gasteiger partial charge in [0.1, 0.15) is 0 Å². The summed E-state index contributed by atoms with van der Waals surface area (Å²) in [4.78, 5) is 9.15. The predicted molar refractivity (Wildman–Crippen MR) is 56.0 cm³/mol. The lowest BCUT2D eigenvalue weighted by Crippen LogP contribution is -2.20. The van der Waals surface area contributed by atoms with E-state index in [1.807, 2.05) is 0 Å². The minimum absolute atomic E-state index is 0.0974. The van der Waals surface area contributed by atoms with Crippen LogP contribution in [0.1, 0.15) is 11.2 Å². The van der Waals surface area contributed by atoms with E-state index in [-0.39, 0.29) is 10.6 Å². The molecule has 2 atom stereocenters. The summed E-state index contributed by atoms with van der Waals surface area (Å²) in [6.07, 6.45) is -4.77. The molecule has 16 heavy (non-hydrogen) atoms. The van der Waals surface area contributed by atoms with E-state index in [4.69, 9.17) is 16.5 Å². The zero-order chi connectivity index (χ0) is 12.6. The van der Waals surface area contributed by atoms with Crippen molar-refractivity contribution in [3.8, 4) is 0 Å². The molecule has 1 aromatic rings. The fourth-order valence-corrected chi connectivity index (χ4v) is 2.87. The molecule has 0 aromatic heterocycles. The maximum atomic E-state index is 12.7. The maximum absolute atomic E-state index is 12.7. The molecule has 0 aliphatic rings. The Labute approximate surface area is 95.5 Å². The molecule has 1 rings (SSSR count). The smallest absolute Gasteiger partial charge is 0.344 e. The molecular formula is C9H9ClF3O2P. The summed E-state index contributed by atoms with van der Waals surface area (Å²) in [6.45, 7) is 0.687. The Morgan fingerprint density at radius 2 is 2.00 bits per heavy atom. The van der Waals surface area contributed by atoms with E-state index >= 15 is 0 Å². The van der Waals surface area contributed by atoms with Crippen LogP contribution >= 0.6 is 19.0 Å². The second-order valence-electron chi connectivity index (χ2n) is 3.44. The van der Waals surface area contributed by atoms with Crippen LogP contribution in [-0.2, 0) is 4.57 Å². The van der Waals surface area contributed by atoms with Crippen molar-refractivity contribution < 1.29 is 22.6 Å². The Hall–Kier alpha value is -0.510.